The first-order chi connectivity index (χ1) is 9.15. The van der Waals surface area contributed by atoms with Gasteiger partial charge in [0.2, 0.25) is 0 Å². The van der Waals surface area contributed by atoms with Crippen molar-refractivity contribution >= 4 is 27.7 Å². The minimum absolute atomic E-state index is 0.297. The third-order valence-electron chi connectivity index (χ3n) is 3.50. The van der Waals surface area contributed by atoms with Crippen molar-refractivity contribution < 1.29 is 4.74 Å². The van der Waals surface area contributed by atoms with E-state index in [0.29, 0.717) is 17.8 Å². The van der Waals surface area contributed by atoms with Gasteiger partial charge in [-0.05, 0) is 33.6 Å². The Morgan fingerprint density at radius 3 is 2.95 bits per heavy atom. The third kappa shape index (κ3) is 3.66. The molecule has 0 saturated carbocycles. The number of hydrogen-bond acceptors (Lipinski definition) is 4. The molecule has 1 heterocycles. The highest BCUT2D eigenvalue weighted by atomic mass is 79.9. The van der Waals surface area contributed by atoms with Crippen molar-refractivity contribution in [1.29, 1.82) is 0 Å². The van der Waals surface area contributed by atoms with Crippen molar-refractivity contribution in [3.63, 3.8) is 0 Å². The monoisotopic (exact) mass is 344 g/mol. The normalized spacial score (nSPS) is 22.2. The summed E-state index contributed by atoms with van der Waals surface area (Å²) in [5.41, 5.74) is 7.27. The van der Waals surface area contributed by atoms with Gasteiger partial charge in [0, 0.05) is 36.7 Å². The molecule has 1 aliphatic rings. The van der Waals surface area contributed by atoms with Gasteiger partial charge in [-0.1, -0.05) is 13.0 Å². The molecule has 1 aliphatic heterocycles. The molecule has 106 valence electrons. The number of nitrogens with two attached hydrogens (primary N) is 1. The van der Waals surface area contributed by atoms with Crippen LogP contribution in [0.1, 0.15) is 18.5 Å². The lowest BCUT2D eigenvalue weighted by atomic mass is 10.0. The number of hydrogen-bond donors (Lipinski definition) is 1. The summed E-state index contributed by atoms with van der Waals surface area (Å²) in [6.07, 6.45) is 0. The van der Waals surface area contributed by atoms with Gasteiger partial charge in [0.25, 0.3) is 0 Å². The fraction of sp³-hybridized carbons (Fsp3) is 0.571. The predicted octanol–water partition coefficient (Wildman–Crippen LogP) is 2.89. The summed E-state index contributed by atoms with van der Waals surface area (Å²) in [5, 5.41) is 0.685. The maximum Gasteiger partial charge on any atom is 0.133 e. The molecule has 0 aliphatic carbocycles. The second-order valence-corrected chi connectivity index (χ2v) is 7.22. The van der Waals surface area contributed by atoms with Crippen LogP contribution < -0.4 is 10.5 Å². The van der Waals surface area contributed by atoms with Gasteiger partial charge in [-0.15, -0.1) is 0 Å². The Bertz CT molecular complexity index is 430. The number of halogens is 1. The maximum atomic E-state index is 6.01. The smallest absolute Gasteiger partial charge is 0.133 e. The van der Waals surface area contributed by atoms with Crippen LogP contribution in [-0.4, -0.2) is 42.6 Å². The van der Waals surface area contributed by atoms with E-state index < -0.39 is 0 Å². The zero-order chi connectivity index (χ0) is 13.8. The molecule has 0 aromatic heterocycles. The second-order valence-electron chi connectivity index (χ2n) is 4.82. The van der Waals surface area contributed by atoms with E-state index in [4.69, 9.17) is 10.5 Å². The van der Waals surface area contributed by atoms with Gasteiger partial charge in [0.05, 0.1) is 11.6 Å². The Labute approximate surface area is 128 Å². The molecule has 0 bridgehead atoms. The molecule has 1 aromatic rings. The highest BCUT2D eigenvalue weighted by Crippen LogP contribution is 2.31. The quantitative estimate of drug-likeness (QED) is 0.911. The SMILES string of the molecule is COc1ccc(C(CN)N2CCSC(C)C2)cc1Br. The van der Waals surface area contributed by atoms with Crippen LogP contribution in [0.15, 0.2) is 22.7 Å². The van der Waals surface area contributed by atoms with Crippen LogP contribution in [0.25, 0.3) is 0 Å². The number of methoxy groups -OCH3 is 1. The minimum atomic E-state index is 0.297. The molecule has 2 atom stereocenters. The molecule has 1 fully saturated rings. The number of thioether (sulfide) groups is 1. The Hall–Kier alpha value is -0.230. The van der Waals surface area contributed by atoms with Gasteiger partial charge in [0.15, 0.2) is 0 Å². The average Bonchev–Trinajstić information content (AvgIpc) is 2.40. The van der Waals surface area contributed by atoms with Gasteiger partial charge >= 0.3 is 0 Å². The van der Waals surface area contributed by atoms with Gasteiger partial charge in [-0.3, -0.25) is 4.90 Å². The lowest BCUT2D eigenvalue weighted by Crippen LogP contribution is -2.42. The topological polar surface area (TPSA) is 38.5 Å². The van der Waals surface area contributed by atoms with Crippen molar-refractivity contribution in [1.82, 2.24) is 4.90 Å². The molecule has 2 N–H and O–H groups in total. The Balaban J connectivity index is 2.19. The lowest BCUT2D eigenvalue weighted by Gasteiger charge is -2.36. The molecule has 19 heavy (non-hydrogen) atoms. The van der Waals surface area contributed by atoms with Crippen molar-refractivity contribution in [3.05, 3.63) is 28.2 Å². The molecular formula is C14H21BrN2OS. The Morgan fingerprint density at radius 2 is 2.37 bits per heavy atom. The van der Waals surface area contributed by atoms with E-state index in [1.165, 1.54) is 11.3 Å². The fourth-order valence-corrected chi connectivity index (χ4v) is 4.11. The second kappa shape index (κ2) is 6.97. The molecular weight excluding hydrogens is 324 g/mol. The highest BCUT2D eigenvalue weighted by molar-refractivity contribution is 9.10. The summed E-state index contributed by atoms with van der Waals surface area (Å²) in [4.78, 5) is 2.50. The van der Waals surface area contributed by atoms with Gasteiger partial charge in [-0.25, -0.2) is 0 Å². The zero-order valence-corrected chi connectivity index (χ0v) is 13.8. The van der Waals surface area contributed by atoms with E-state index in [1.54, 1.807) is 7.11 Å². The number of benzene rings is 1. The van der Waals surface area contributed by atoms with E-state index >= 15 is 0 Å². The number of ether oxygens (including phenoxy) is 1. The first kappa shape index (κ1) is 15.2. The standard InChI is InChI=1S/C14H21BrN2OS/c1-10-9-17(5-6-19-10)13(8-16)11-3-4-14(18-2)12(15)7-11/h3-4,7,10,13H,5-6,8-9,16H2,1-2H3. The van der Waals surface area contributed by atoms with Crippen LogP contribution in [0.2, 0.25) is 0 Å². The van der Waals surface area contributed by atoms with Crippen LogP contribution in [0.3, 0.4) is 0 Å². The highest BCUT2D eigenvalue weighted by Gasteiger charge is 2.24. The van der Waals surface area contributed by atoms with E-state index in [0.717, 1.165) is 23.3 Å². The molecule has 1 aromatic carbocycles. The molecule has 0 spiro atoms. The van der Waals surface area contributed by atoms with Crippen LogP contribution in [0.5, 0.6) is 5.75 Å². The lowest BCUT2D eigenvalue weighted by molar-refractivity contribution is 0.211. The molecule has 5 heteroatoms. The summed E-state index contributed by atoms with van der Waals surface area (Å²) >= 11 is 5.59. The molecule has 0 radical (unpaired) electrons. The summed E-state index contributed by atoms with van der Waals surface area (Å²) in [6, 6.07) is 6.55. The van der Waals surface area contributed by atoms with E-state index in [2.05, 4.69) is 39.9 Å². The fourth-order valence-electron chi connectivity index (χ4n) is 2.51. The molecule has 1 saturated heterocycles. The molecule has 3 nitrogen and oxygen atoms in total. The number of rotatable bonds is 4. The molecule has 2 rings (SSSR count). The Morgan fingerprint density at radius 1 is 1.58 bits per heavy atom. The first-order valence-corrected chi connectivity index (χ1v) is 8.39. The first-order valence-electron chi connectivity index (χ1n) is 6.55. The summed E-state index contributed by atoms with van der Waals surface area (Å²) in [6.45, 7) is 5.15. The third-order valence-corrected chi connectivity index (χ3v) is 5.25. The van der Waals surface area contributed by atoms with Gasteiger partial charge in [0.1, 0.15) is 5.75 Å². The predicted molar refractivity (Wildman–Crippen MR) is 86.0 cm³/mol. The Kier molecular flexibility index (Phi) is 5.57. The summed E-state index contributed by atoms with van der Waals surface area (Å²) in [5.74, 6) is 2.05. The van der Waals surface area contributed by atoms with Crippen molar-refractivity contribution in [2.75, 3.05) is 32.5 Å². The minimum Gasteiger partial charge on any atom is -0.496 e. The van der Waals surface area contributed by atoms with Crippen molar-refractivity contribution in [3.8, 4) is 5.75 Å². The largest absolute Gasteiger partial charge is 0.496 e. The zero-order valence-electron chi connectivity index (χ0n) is 11.4. The van der Waals surface area contributed by atoms with Crippen LogP contribution in [0.4, 0.5) is 0 Å². The van der Waals surface area contributed by atoms with Gasteiger partial charge in [-0.2, -0.15) is 11.8 Å². The summed E-state index contributed by atoms with van der Waals surface area (Å²) < 4.78 is 6.27. The average molecular weight is 345 g/mol. The van der Waals surface area contributed by atoms with Crippen LogP contribution in [-0.2, 0) is 0 Å². The van der Waals surface area contributed by atoms with Crippen molar-refractivity contribution in [2.45, 2.75) is 18.2 Å². The van der Waals surface area contributed by atoms with Gasteiger partial charge < -0.3 is 10.5 Å². The van der Waals surface area contributed by atoms with Crippen LogP contribution in [0, 0.1) is 0 Å². The summed E-state index contributed by atoms with van der Waals surface area (Å²) in [7, 11) is 1.68. The molecule has 2 unspecified atom stereocenters. The van der Waals surface area contributed by atoms with E-state index in [-0.39, 0.29) is 0 Å². The molecule has 0 amide bonds. The van der Waals surface area contributed by atoms with E-state index in [9.17, 15) is 0 Å². The maximum absolute atomic E-state index is 6.01. The van der Waals surface area contributed by atoms with E-state index in [1.807, 2.05) is 17.8 Å². The number of nitrogens with zero attached hydrogens (tertiary/aromatic N) is 1. The van der Waals surface area contributed by atoms with Crippen molar-refractivity contribution in [2.24, 2.45) is 5.73 Å². The van der Waals surface area contributed by atoms with Crippen LogP contribution >= 0.6 is 27.7 Å².